The van der Waals surface area contributed by atoms with E-state index in [4.69, 9.17) is 14.7 Å². The molecule has 1 saturated heterocycles. The highest BCUT2D eigenvalue weighted by Gasteiger charge is 2.21. The Morgan fingerprint density at radius 3 is 2.60 bits per heavy atom. The number of nitrogens with zero attached hydrogens (tertiary/aromatic N) is 4. The molecule has 1 atom stereocenters. The van der Waals surface area contributed by atoms with E-state index in [0.717, 1.165) is 75.9 Å². The van der Waals surface area contributed by atoms with Gasteiger partial charge in [0.05, 0.1) is 23.8 Å². The average Bonchev–Trinajstić information content (AvgIpc) is 3.12. The molecule has 212 valence electrons. The van der Waals surface area contributed by atoms with Gasteiger partial charge in [-0.25, -0.2) is 4.98 Å². The van der Waals surface area contributed by atoms with Crippen LogP contribution in [-0.4, -0.2) is 60.3 Å². The van der Waals surface area contributed by atoms with Gasteiger partial charge in [0.15, 0.2) is 0 Å². The second-order valence-corrected chi connectivity index (χ2v) is 12.2. The minimum Gasteiger partial charge on any atom is -0.495 e. The lowest BCUT2D eigenvalue weighted by Gasteiger charge is -2.26. The quantitative estimate of drug-likeness (QED) is 0.221. The molecule has 1 unspecified atom stereocenters. The Morgan fingerprint density at radius 2 is 1.85 bits per heavy atom. The zero-order valence-corrected chi connectivity index (χ0v) is 25.1. The zero-order chi connectivity index (χ0) is 28.4. The summed E-state index contributed by atoms with van der Waals surface area (Å²) in [6.45, 7) is 7.67. The molecule has 0 aliphatic carbocycles. The second kappa shape index (κ2) is 11.6. The minimum atomic E-state index is -0.934. The van der Waals surface area contributed by atoms with Gasteiger partial charge in [-0.05, 0) is 94.9 Å². The molecule has 0 spiro atoms. The summed E-state index contributed by atoms with van der Waals surface area (Å²) in [5.74, 6) is 2.07. The number of hydrogen-bond donors (Lipinski definition) is 3. The van der Waals surface area contributed by atoms with Crippen molar-refractivity contribution >= 4 is 50.4 Å². The van der Waals surface area contributed by atoms with E-state index in [-0.39, 0.29) is 0 Å². The Balaban J connectivity index is 1.41. The Labute approximate surface area is 241 Å². The van der Waals surface area contributed by atoms with Crippen molar-refractivity contribution in [2.24, 2.45) is 0 Å². The summed E-state index contributed by atoms with van der Waals surface area (Å²) in [5, 5.41) is 20.5. The highest BCUT2D eigenvalue weighted by molar-refractivity contribution is 7.17. The van der Waals surface area contributed by atoms with Gasteiger partial charge in [0.25, 0.3) is 0 Å². The minimum absolute atomic E-state index is 0.508. The maximum atomic E-state index is 10.5. The van der Waals surface area contributed by atoms with Gasteiger partial charge in [0, 0.05) is 36.6 Å². The number of aryl methyl sites for hydroxylation is 1. The molecule has 9 heteroatoms. The largest absolute Gasteiger partial charge is 0.495 e. The van der Waals surface area contributed by atoms with Crippen molar-refractivity contribution < 1.29 is 9.84 Å². The predicted molar refractivity (Wildman–Crippen MR) is 167 cm³/mol. The molecule has 1 aliphatic rings. The molecule has 40 heavy (non-hydrogen) atoms. The number of anilines is 5. The normalized spacial score (nSPS) is 16.3. The molecule has 1 fully saturated rings. The summed E-state index contributed by atoms with van der Waals surface area (Å²) in [4.78, 5) is 15.4. The van der Waals surface area contributed by atoms with Crippen LogP contribution in [0.1, 0.15) is 44.2 Å². The summed E-state index contributed by atoms with van der Waals surface area (Å²) in [7, 11) is 6.07. The van der Waals surface area contributed by atoms with Crippen LogP contribution in [0.5, 0.6) is 5.75 Å². The molecule has 0 saturated carbocycles. The summed E-state index contributed by atoms with van der Waals surface area (Å²) in [5.41, 5.74) is 3.85. The first kappa shape index (κ1) is 28.1. The Bertz CT molecular complexity index is 1480. The highest BCUT2D eigenvalue weighted by atomic mass is 32.1. The molecule has 2 aromatic carbocycles. The van der Waals surface area contributed by atoms with Crippen molar-refractivity contribution in [1.82, 2.24) is 14.9 Å². The lowest BCUT2D eigenvalue weighted by atomic mass is 9.98. The van der Waals surface area contributed by atoms with Gasteiger partial charge >= 0.3 is 0 Å². The molecule has 3 N–H and O–H groups in total. The predicted octanol–water partition coefficient (Wildman–Crippen LogP) is 6.64. The number of aliphatic hydroxyl groups is 1. The SMILES string of the molecule is COc1cc(Nc2nc(Nc3cccc(C(C)(C)O)c3)c3c(C)csc3n2)ccc1N1CCCC(N(C)C)CC1. The van der Waals surface area contributed by atoms with Crippen LogP contribution in [0.25, 0.3) is 10.2 Å². The van der Waals surface area contributed by atoms with Gasteiger partial charge in [0.1, 0.15) is 16.4 Å². The van der Waals surface area contributed by atoms with Crippen molar-refractivity contribution in [3.8, 4) is 5.75 Å². The van der Waals surface area contributed by atoms with Gasteiger partial charge in [-0.1, -0.05) is 12.1 Å². The van der Waals surface area contributed by atoms with Crippen LogP contribution in [-0.2, 0) is 5.60 Å². The molecular formula is C31H40N6O2S. The van der Waals surface area contributed by atoms with E-state index in [1.54, 1.807) is 32.3 Å². The smallest absolute Gasteiger partial charge is 0.230 e. The van der Waals surface area contributed by atoms with E-state index in [9.17, 15) is 5.11 Å². The number of thiophene rings is 1. The van der Waals surface area contributed by atoms with Crippen LogP contribution in [0.2, 0.25) is 0 Å². The Morgan fingerprint density at radius 1 is 1.05 bits per heavy atom. The second-order valence-electron chi connectivity index (χ2n) is 11.3. The average molecular weight is 561 g/mol. The number of nitrogens with one attached hydrogen (secondary N) is 2. The molecule has 0 radical (unpaired) electrons. The molecule has 0 amide bonds. The molecule has 2 aromatic heterocycles. The van der Waals surface area contributed by atoms with Crippen LogP contribution in [0, 0.1) is 6.92 Å². The number of rotatable bonds is 8. The van der Waals surface area contributed by atoms with E-state index >= 15 is 0 Å². The van der Waals surface area contributed by atoms with Gasteiger partial charge in [-0.3, -0.25) is 0 Å². The number of ether oxygens (including phenoxy) is 1. The van der Waals surface area contributed by atoms with Crippen molar-refractivity contribution in [1.29, 1.82) is 0 Å². The van der Waals surface area contributed by atoms with E-state index in [0.29, 0.717) is 12.0 Å². The standard InChI is InChI=1S/C31H40N6O2S/c1-20-19-40-29-27(20)28(32-22-10-7-9-21(17-22)31(2,3)38)34-30(35-29)33-23-12-13-25(26(18-23)39-6)37-15-8-11-24(14-16-37)36(4)5/h7,9-10,12-13,17-19,24,38H,8,11,14-16H2,1-6H3,(H2,32,33,34,35). The van der Waals surface area contributed by atoms with E-state index < -0.39 is 5.60 Å². The zero-order valence-electron chi connectivity index (χ0n) is 24.3. The molecule has 0 bridgehead atoms. The molecule has 4 aromatic rings. The van der Waals surface area contributed by atoms with Crippen molar-refractivity contribution in [3.63, 3.8) is 0 Å². The van der Waals surface area contributed by atoms with Crippen LogP contribution in [0.4, 0.5) is 28.8 Å². The summed E-state index contributed by atoms with van der Waals surface area (Å²) >= 11 is 1.60. The third-order valence-corrected chi connectivity index (χ3v) is 8.64. The monoisotopic (exact) mass is 560 g/mol. The van der Waals surface area contributed by atoms with E-state index in [1.807, 2.05) is 30.3 Å². The third-order valence-electron chi connectivity index (χ3n) is 7.65. The molecular weight excluding hydrogens is 520 g/mol. The summed E-state index contributed by atoms with van der Waals surface area (Å²) in [6, 6.07) is 14.6. The molecule has 5 rings (SSSR count). The summed E-state index contributed by atoms with van der Waals surface area (Å²) < 4.78 is 5.84. The van der Waals surface area contributed by atoms with Crippen LogP contribution in [0.15, 0.2) is 47.8 Å². The van der Waals surface area contributed by atoms with Crippen LogP contribution in [0.3, 0.4) is 0 Å². The Hall–Kier alpha value is -3.40. The summed E-state index contributed by atoms with van der Waals surface area (Å²) in [6.07, 6.45) is 3.51. The first-order valence-electron chi connectivity index (χ1n) is 13.8. The molecule has 8 nitrogen and oxygen atoms in total. The number of aromatic nitrogens is 2. The topological polar surface area (TPSA) is 85.8 Å². The number of methoxy groups -OCH3 is 1. The van der Waals surface area contributed by atoms with Gasteiger partial charge in [0.2, 0.25) is 5.95 Å². The van der Waals surface area contributed by atoms with Gasteiger partial charge < -0.3 is 30.3 Å². The van der Waals surface area contributed by atoms with Crippen LogP contribution < -0.4 is 20.3 Å². The molecule has 1 aliphatic heterocycles. The fourth-order valence-corrected chi connectivity index (χ4v) is 6.25. The van der Waals surface area contributed by atoms with Crippen molar-refractivity contribution in [2.45, 2.75) is 51.7 Å². The maximum Gasteiger partial charge on any atom is 0.230 e. The number of hydrogen-bond acceptors (Lipinski definition) is 9. The number of fused-ring (bicyclic) bond motifs is 1. The van der Waals surface area contributed by atoms with Crippen molar-refractivity contribution in [3.05, 3.63) is 59.0 Å². The lowest BCUT2D eigenvalue weighted by molar-refractivity contribution is 0.0786. The first-order valence-corrected chi connectivity index (χ1v) is 14.7. The first-order chi connectivity index (χ1) is 19.1. The fourth-order valence-electron chi connectivity index (χ4n) is 5.33. The Kier molecular flexibility index (Phi) is 8.16. The van der Waals surface area contributed by atoms with E-state index in [1.165, 1.54) is 6.42 Å². The van der Waals surface area contributed by atoms with Gasteiger partial charge in [-0.2, -0.15) is 4.98 Å². The van der Waals surface area contributed by atoms with E-state index in [2.05, 4.69) is 59.0 Å². The maximum absolute atomic E-state index is 10.5. The molecule has 3 heterocycles. The fraction of sp³-hybridized carbons (Fsp3) is 0.419. The highest BCUT2D eigenvalue weighted by Crippen LogP contribution is 2.36. The van der Waals surface area contributed by atoms with Crippen LogP contribution >= 0.6 is 11.3 Å². The van der Waals surface area contributed by atoms with Crippen molar-refractivity contribution in [2.75, 3.05) is 49.8 Å². The van der Waals surface area contributed by atoms with Gasteiger partial charge in [-0.15, -0.1) is 11.3 Å². The lowest BCUT2D eigenvalue weighted by Crippen LogP contribution is -2.30. The number of benzene rings is 2. The third kappa shape index (κ3) is 6.16.